The number of fused-ring (bicyclic) bond motifs is 2. The molecule has 1 saturated carbocycles. The van der Waals surface area contributed by atoms with Crippen LogP contribution < -0.4 is 16.1 Å². The molecule has 1 aromatic carbocycles. The minimum atomic E-state index is -0.723. The summed E-state index contributed by atoms with van der Waals surface area (Å²) in [5.74, 6) is -0.222. The van der Waals surface area contributed by atoms with Crippen LogP contribution in [0.15, 0.2) is 64.4 Å². The van der Waals surface area contributed by atoms with Gasteiger partial charge in [0.05, 0.1) is 27.4 Å². The highest BCUT2D eigenvalue weighted by Crippen LogP contribution is 2.37. The summed E-state index contributed by atoms with van der Waals surface area (Å²) >= 11 is 1.50. The number of hydrogen-bond donors (Lipinski definition) is 2. The molecule has 1 amide bonds. The van der Waals surface area contributed by atoms with E-state index >= 15 is 4.39 Å². The van der Waals surface area contributed by atoms with Crippen molar-refractivity contribution in [2.75, 3.05) is 30.7 Å². The van der Waals surface area contributed by atoms with Crippen molar-refractivity contribution >= 4 is 40.5 Å². The molecule has 1 saturated heterocycles. The quantitative estimate of drug-likeness (QED) is 0.242. The number of likely N-dealkylation sites (tertiary alicyclic amines) is 1. The fraction of sp³-hybridized carbons (Fsp3) is 0.382. The zero-order valence-electron chi connectivity index (χ0n) is 25.3. The number of ether oxygens (including phenoxy) is 1. The number of esters is 1. The second-order valence-electron chi connectivity index (χ2n) is 12.1. The standard InChI is InChI=1S/C34H35FN6O4S/c35-27-16-25-31(43)26(34(44)45-19-21-4-2-1-3-5-21)18-41(24-7-8-24)33(25)38-28(27)12-15-40-13-10-22(11-14-40)36-17-23-6-9-29-32(37-23)39-30(42)20-46-29/h1-6,9,16,18,22,24,36H,7-8,10-15,17,19-20H2,(H,37,39,42). The molecule has 5 heterocycles. The normalized spacial score (nSPS) is 17.1. The monoisotopic (exact) mass is 642 g/mol. The summed E-state index contributed by atoms with van der Waals surface area (Å²) in [6, 6.07) is 15.0. The first-order valence-corrected chi connectivity index (χ1v) is 16.7. The summed E-state index contributed by atoms with van der Waals surface area (Å²) in [6.45, 7) is 3.08. The van der Waals surface area contributed by atoms with Gasteiger partial charge in [0.2, 0.25) is 11.3 Å². The lowest BCUT2D eigenvalue weighted by molar-refractivity contribution is -0.113. The van der Waals surface area contributed by atoms with Crippen LogP contribution in [0.2, 0.25) is 0 Å². The van der Waals surface area contributed by atoms with Gasteiger partial charge in [-0.25, -0.2) is 19.2 Å². The minimum absolute atomic E-state index is 0.0237. The van der Waals surface area contributed by atoms with E-state index in [1.807, 2.05) is 47.0 Å². The zero-order valence-corrected chi connectivity index (χ0v) is 26.2. The Bertz CT molecular complexity index is 1840. The van der Waals surface area contributed by atoms with Crippen molar-refractivity contribution in [1.82, 2.24) is 24.8 Å². The van der Waals surface area contributed by atoms with Crippen LogP contribution in [-0.2, 0) is 29.1 Å². The minimum Gasteiger partial charge on any atom is -0.457 e. The second kappa shape index (κ2) is 13.3. The number of piperidine rings is 1. The molecule has 0 atom stereocenters. The molecule has 2 aliphatic heterocycles. The summed E-state index contributed by atoms with van der Waals surface area (Å²) in [6.07, 6.45) is 5.68. The number of nitrogens with zero attached hydrogens (tertiary/aromatic N) is 4. The number of anilines is 1. The van der Waals surface area contributed by atoms with Crippen LogP contribution in [-0.4, -0.2) is 62.7 Å². The summed E-state index contributed by atoms with van der Waals surface area (Å²) < 4.78 is 22.7. The van der Waals surface area contributed by atoms with Gasteiger partial charge in [0.1, 0.15) is 29.5 Å². The number of amides is 1. The maximum atomic E-state index is 15.4. The van der Waals surface area contributed by atoms with E-state index in [2.05, 4.69) is 25.5 Å². The lowest BCUT2D eigenvalue weighted by Gasteiger charge is -2.32. The number of halogens is 1. The largest absolute Gasteiger partial charge is 0.457 e. The van der Waals surface area contributed by atoms with Gasteiger partial charge in [-0.3, -0.25) is 9.59 Å². The number of aromatic nitrogens is 3. The molecule has 238 valence electrons. The van der Waals surface area contributed by atoms with Crippen LogP contribution >= 0.6 is 11.8 Å². The molecule has 12 heteroatoms. The van der Waals surface area contributed by atoms with Gasteiger partial charge in [0.15, 0.2) is 0 Å². The van der Waals surface area contributed by atoms with E-state index in [4.69, 9.17) is 4.74 Å². The van der Waals surface area contributed by atoms with Crippen molar-refractivity contribution in [1.29, 1.82) is 0 Å². The van der Waals surface area contributed by atoms with Gasteiger partial charge in [-0.15, -0.1) is 11.8 Å². The topological polar surface area (TPSA) is 118 Å². The molecule has 4 aromatic rings. The summed E-state index contributed by atoms with van der Waals surface area (Å²) in [5, 5.41) is 6.53. The van der Waals surface area contributed by atoms with Gasteiger partial charge in [-0.05, 0) is 62.5 Å². The predicted molar refractivity (Wildman–Crippen MR) is 173 cm³/mol. The van der Waals surface area contributed by atoms with E-state index in [-0.39, 0.29) is 29.5 Å². The Hall–Kier alpha value is -4.13. The molecular formula is C34H35FN6O4S. The van der Waals surface area contributed by atoms with E-state index in [1.165, 1.54) is 24.0 Å². The first kappa shape index (κ1) is 30.5. The van der Waals surface area contributed by atoms with Gasteiger partial charge in [-0.1, -0.05) is 30.3 Å². The molecule has 2 fully saturated rings. The van der Waals surface area contributed by atoms with Gasteiger partial charge >= 0.3 is 5.97 Å². The molecule has 3 aromatic heterocycles. The predicted octanol–water partition coefficient (Wildman–Crippen LogP) is 4.46. The Morgan fingerprint density at radius 1 is 1.07 bits per heavy atom. The summed E-state index contributed by atoms with van der Waals surface area (Å²) in [4.78, 5) is 50.5. The Morgan fingerprint density at radius 2 is 1.87 bits per heavy atom. The fourth-order valence-corrected chi connectivity index (χ4v) is 6.77. The van der Waals surface area contributed by atoms with Gasteiger partial charge in [0.25, 0.3) is 0 Å². The Labute approximate surface area is 269 Å². The van der Waals surface area contributed by atoms with Crippen LogP contribution in [0.4, 0.5) is 10.2 Å². The molecule has 2 N–H and O–H groups in total. The van der Waals surface area contributed by atoms with E-state index in [0.717, 1.165) is 54.9 Å². The maximum Gasteiger partial charge on any atom is 0.344 e. The molecule has 0 spiro atoms. The van der Waals surface area contributed by atoms with Crippen molar-refractivity contribution in [2.24, 2.45) is 0 Å². The van der Waals surface area contributed by atoms with Crippen molar-refractivity contribution in [3.63, 3.8) is 0 Å². The molecule has 7 rings (SSSR count). The summed E-state index contributed by atoms with van der Waals surface area (Å²) in [5.41, 5.74) is 1.78. The first-order valence-electron chi connectivity index (χ1n) is 15.7. The van der Waals surface area contributed by atoms with Crippen molar-refractivity contribution in [3.8, 4) is 0 Å². The third-order valence-electron chi connectivity index (χ3n) is 8.76. The fourth-order valence-electron chi connectivity index (χ4n) is 6.01. The highest BCUT2D eigenvalue weighted by molar-refractivity contribution is 8.00. The Kier molecular flexibility index (Phi) is 8.83. The Balaban J connectivity index is 0.968. The number of hydrogen-bond acceptors (Lipinski definition) is 9. The van der Waals surface area contributed by atoms with Gasteiger partial charge in [0, 0.05) is 37.8 Å². The smallest absolute Gasteiger partial charge is 0.344 e. The Morgan fingerprint density at radius 3 is 2.65 bits per heavy atom. The van der Waals surface area contributed by atoms with E-state index in [9.17, 15) is 14.4 Å². The lowest BCUT2D eigenvalue weighted by Crippen LogP contribution is -2.43. The SMILES string of the molecule is O=C1CSc2ccc(CNC3CCN(CCc4nc5c(cc4F)c(=O)c(C(=O)OCc4ccccc4)cn5C4CC4)CC3)nc2N1. The average molecular weight is 643 g/mol. The van der Waals surface area contributed by atoms with E-state index in [0.29, 0.717) is 48.5 Å². The number of thioether (sulfide) groups is 1. The van der Waals surface area contributed by atoms with Gasteiger partial charge in [-0.2, -0.15) is 0 Å². The zero-order chi connectivity index (χ0) is 31.6. The van der Waals surface area contributed by atoms with Gasteiger partial charge < -0.3 is 24.8 Å². The second-order valence-corrected chi connectivity index (χ2v) is 13.1. The number of carbonyl (C=O) groups is 2. The van der Waals surface area contributed by atoms with E-state index < -0.39 is 17.2 Å². The first-order chi connectivity index (χ1) is 22.4. The number of pyridine rings is 3. The van der Waals surface area contributed by atoms with Crippen LogP contribution in [0.25, 0.3) is 11.0 Å². The molecule has 0 bridgehead atoms. The number of rotatable bonds is 10. The molecule has 3 aliphatic rings. The molecule has 10 nitrogen and oxygen atoms in total. The maximum absolute atomic E-state index is 15.4. The molecule has 0 unspecified atom stereocenters. The van der Waals surface area contributed by atoms with E-state index in [1.54, 1.807) is 0 Å². The highest BCUT2D eigenvalue weighted by atomic mass is 32.2. The van der Waals surface area contributed by atoms with Crippen LogP contribution in [0, 0.1) is 5.82 Å². The van der Waals surface area contributed by atoms with Crippen molar-refractivity contribution < 1.29 is 18.7 Å². The van der Waals surface area contributed by atoms with Crippen LogP contribution in [0.1, 0.15) is 59.0 Å². The third-order valence-corrected chi connectivity index (χ3v) is 9.81. The van der Waals surface area contributed by atoms with Crippen LogP contribution in [0.3, 0.4) is 0 Å². The number of carbonyl (C=O) groups excluding carboxylic acids is 2. The summed E-state index contributed by atoms with van der Waals surface area (Å²) in [7, 11) is 0. The molecule has 0 radical (unpaired) electrons. The number of benzene rings is 1. The third kappa shape index (κ3) is 6.84. The number of nitrogens with one attached hydrogen (secondary N) is 2. The molecular weight excluding hydrogens is 607 g/mol. The highest BCUT2D eigenvalue weighted by Gasteiger charge is 2.29. The van der Waals surface area contributed by atoms with Crippen molar-refractivity contribution in [2.45, 2.75) is 62.2 Å². The van der Waals surface area contributed by atoms with Crippen LogP contribution in [0.5, 0.6) is 0 Å². The van der Waals surface area contributed by atoms with Crippen molar-refractivity contribution in [3.05, 3.63) is 93.3 Å². The average Bonchev–Trinajstić information content (AvgIpc) is 3.92. The molecule has 1 aliphatic carbocycles. The molecule has 46 heavy (non-hydrogen) atoms. The lowest BCUT2D eigenvalue weighted by atomic mass is 10.0.